The summed E-state index contributed by atoms with van der Waals surface area (Å²) in [6.45, 7) is 3.58. The molecule has 3 nitrogen and oxygen atoms in total. The molecule has 18 heavy (non-hydrogen) atoms. The third-order valence-electron chi connectivity index (χ3n) is 2.73. The van der Waals surface area contributed by atoms with Crippen molar-refractivity contribution < 1.29 is 17.4 Å². The van der Waals surface area contributed by atoms with Crippen LogP contribution in [-0.2, 0) is 17.2 Å². The SMILES string of the molecule is CC(C[C@H](C)c1ccc(C(F)(F)F)nc1)S(N)=O. The highest BCUT2D eigenvalue weighted by Crippen LogP contribution is 2.29. The average molecular weight is 280 g/mol. The van der Waals surface area contributed by atoms with Crippen molar-refractivity contribution in [3.63, 3.8) is 0 Å². The summed E-state index contributed by atoms with van der Waals surface area (Å²) in [4.78, 5) is 3.39. The number of hydrogen-bond acceptors (Lipinski definition) is 2. The quantitative estimate of drug-likeness (QED) is 0.921. The van der Waals surface area contributed by atoms with Crippen LogP contribution in [0.25, 0.3) is 0 Å². The van der Waals surface area contributed by atoms with E-state index in [1.54, 1.807) is 6.92 Å². The number of nitrogens with two attached hydrogens (primary N) is 1. The van der Waals surface area contributed by atoms with E-state index in [2.05, 4.69) is 4.98 Å². The van der Waals surface area contributed by atoms with Crippen molar-refractivity contribution in [3.05, 3.63) is 29.6 Å². The summed E-state index contributed by atoms with van der Waals surface area (Å²) in [7, 11) is -1.42. The molecule has 0 radical (unpaired) electrons. The van der Waals surface area contributed by atoms with Crippen LogP contribution < -0.4 is 5.14 Å². The first kappa shape index (κ1) is 15.1. The summed E-state index contributed by atoms with van der Waals surface area (Å²) in [5, 5.41) is 5.05. The fourth-order valence-corrected chi connectivity index (χ4v) is 2.07. The van der Waals surface area contributed by atoms with Crippen LogP contribution in [0.15, 0.2) is 18.3 Å². The van der Waals surface area contributed by atoms with Crippen LogP contribution >= 0.6 is 0 Å². The number of aromatic nitrogens is 1. The summed E-state index contributed by atoms with van der Waals surface area (Å²) in [5.41, 5.74) is -0.228. The van der Waals surface area contributed by atoms with Gasteiger partial charge in [-0.25, -0.2) is 4.21 Å². The average Bonchev–Trinajstić information content (AvgIpc) is 2.27. The molecule has 0 aliphatic rings. The molecule has 0 saturated carbocycles. The monoisotopic (exact) mass is 280 g/mol. The van der Waals surface area contributed by atoms with Gasteiger partial charge < -0.3 is 0 Å². The van der Waals surface area contributed by atoms with Gasteiger partial charge in [0.05, 0.1) is 11.0 Å². The smallest absolute Gasteiger partial charge is 0.252 e. The number of nitrogens with zero attached hydrogens (tertiary/aromatic N) is 1. The van der Waals surface area contributed by atoms with E-state index in [0.29, 0.717) is 12.0 Å². The number of alkyl halides is 3. The van der Waals surface area contributed by atoms with Gasteiger partial charge >= 0.3 is 6.18 Å². The van der Waals surface area contributed by atoms with Gasteiger partial charge in [0, 0.05) is 11.4 Å². The molecule has 0 aliphatic carbocycles. The molecular formula is C11H15F3N2OS. The molecule has 2 unspecified atom stereocenters. The molecule has 0 aromatic carbocycles. The standard InChI is InChI=1S/C11H15F3N2OS/c1-7(5-8(2)18(15)17)9-3-4-10(16-6-9)11(12,13)14/h3-4,6-8H,5,15H2,1-2H3/t7-,8?,18?/m0/s1. The van der Waals surface area contributed by atoms with Crippen molar-refractivity contribution in [1.29, 1.82) is 0 Å². The predicted molar refractivity (Wildman–Crippen MR) is 64.1 cm³/mol. The zero-order valence-electron chi connectivity index (χ0n) is 10.1. The minimum absolute atomic E-state index is 0.0396. The van der Waals surface area contributed by atoms with Crippen LogP contribution in [0.2, 0.25) is 0 Å². The van der Waals surface area contributed by atoms with Crippen LogP contribution in [0.4, 0.5) is 13.2 Å². The Kier molecular flexibility index (Phi) is 4.86. The van der Waals surface area contributed by atoms with E-state index in [4.69, 9.17) is 5.14 Å². The third-order valence-corrected chi connectivity index (χ3v) is 3.71. The Morgan fingerprint density at radius 3 is 2.39 bits per heavy atom. The predicted octanol–water partition coefficient (Wildman–Crippen LogP) is 2.60. The molecule has 0 spiro atoms. The Morgan fingerprint density at radius 1 is 1.39 bits per heavy atom. The molecule has 0 amide bonds. The fourth-order valence-electron chi connectivity index (χ4n) is 1.59. The van der Waals surface area contributed by atoms with Gasteiger partial charge in [-0.1, -0.05) is 13.0 Å². The third kappa shape index (κ3) is 4.06. The minimum atomic E-state index is -4.42. The summed E-state index contributed by atoms with van der Waals surface area (Å²) in [6, 6.07) is 2.35. The van der Waals surface area contributed by atoms with Crippen LogP contribution in [0, 0.1) is 0 Å². The molecule has 2 N–H and O–H groups in total. The fraction of sp³-hybridized carbons (Fsp3) is 0.545. The normalized spacial score (nSPS) is 17.2. The molecule has 0 saturated heterocycles. The van der Waals surface area contributed by atoms with Gasteiger partial charge in [-0.05, 0) is 30.9 Å². The van der Waals surface area contributed by atoms with Crippen molar-refractivity contribution in [2.45, 2.75) is 37.6 Å². The molecule has 1 aromatic rings. The summed E-state index contributed by atoms with van der Waals surface area (Å²) < 4.78 is 48.0. The second-order valence-corrected chi connectivity index (χ2v) is 5.71. The lowest BCUT2D eigenvalue weighted by molar-refractivity contribution is -0.141. The molecule has 1 rings (SSSR count). The van der Waals surface area contributed by atoms with E-state index in [1.165, 1.54) is 12.3 Å². The first-order valence-corrected chi connectivity index (χ1v) is 6.67. The van der Waals surface area contributed by atoms with Crippen molar-refractivity contribution in [2.75, 3.05) is 0 Å². The largest absolute Gasteiger partial charge is 0.433 e. The minimum Gasteiger partial charge on any atom is -0.252 e. The summed E-state index contributed by atoms with van der Waals surface area (Å²) in [6.07, 6.45) is -2.68. The molecule has 102 valence electrons. The maximum absolute atomic E-state index is 12.3. The van der Waals surface area contributed by atoms with E-state index < -0.39 is 22.9 Å². The van der Waals surface area contributed by atoms with Crippen LogP contribution in [-0.4, -0.2) is 14.4 Å². The van der Waals surface area contributed by atoms with E-state index in [-0.39, 0.29) is 11.2 Å². The van der Waals surface area contributed by atoms with Gasteiger partial charge in [0.2, 0.25) is 0 Å². The maximum Gasteiger partial charge on any atom is 0.433 e. The van der Waals surface area contributed by atoms with Crippen molar-refractivity contribution >= 4 is 11.0 Å². The van der Waals surface area contributed by atoms with E-state index in [9.17, 15) is 17.4 Å². The van der Waals surface area contributed by atoms with Gasteiger partial charge in [-0.3, -0.25) is 10.1 Å². The Hall–Kier alpha value is -0.950. The molecule has 0 fully saturated rings. The lowest BCUT2D eigenvalue weighted by Crippen LogP contribution is -2.20. The van der Waals surface area contributed by atoms with Gasteiger partial charge in [0.25, 0.3) is 0 Å². The van der Waals surface area contributed by atoms with Crippen molar-refractivity contribution in [3.8, 4) is 0 Å². The first-order valence-electron chi connectivity index (χ1n) is 5.40. The van der Waals surface area contributed by atoms with Crippen molar-refractivity contribution in [1.82, 2.24) is 4.98 Å². The molecule has 0 aliphatic heterocycles. The lowest BCUT2D eigenvalue weighted by atomic mass is 9.98. The second kappa shape index (κ2) is 5.79. The van der Waals surface area contributed by atoms with E-state index in [0.717, 1.165) is 6.07 Å². The zero-order chi connectivity index (χ0) is 13.9. The summed E-state index contributed by atoms with van der Waals surface area (Å²) in [5.74, 6) is -0.0396. The Bertz CT molecular complexity index is 419. The molecule has 7 heteroatoms. The molecule has 0 bridgehead atoms. The highest BCUT2D eigenvalue weighted by molar-refractivity contribution is 7.83. The van der Waals surface area contributed by atoms with Gasteiger partial charge in [-0.2, -0.15) is 13.2 Å². The van der Waals surface area contributed by atoms with Gasteiger partial charge in [0.1, 0.15) is 5.69 Å². The van der Waals surface area contributed by atoms with E-state index >= 15 is 0 Å². The highest BCUT2D eigenvalue weighted by atomic mass is 32.2. The molecule has 1 heterocycles. The molecule has 3 atom stereocenters. The van der Waals surface area contributed by atoms with Crippen LogP contribution in [0.5, 0.6) is 0 Å². The zero-order valence-corrected chi connectivity index (χ0v) is 10.9. The van der Waals surface area contributed by atoms with Crippen LogP contribution in [0.3, 0.4) is 0 Å². The molecular weight excluding hydrogens is 265 g/mol. The number of pyridine rings is 1. The molecule has 1 aromatic heterocycles. The van der Waals surface area contributed by atoms with Gasteiger partial charge in [-0.15, -0.1) is 0 Å². The Balaban J connectivity index is 2.76. The Morgan fingerprint density at radius 2 is 2.00 bits per heavy atom. The topological polar surface area (TPSA) is 56.0 Å². The van der Waals surface area contributed by atoms with Gasteiger partial charge in [0.15, 0.2) is 0 Å². The first-order chi connectivity index (χ1) is 8.21. The summed E-state index contributed by atoms with van der Waals surface area (Å²) >= 11 is 0. The Labute approximate surface area is 106 Å². The van der Waals surface area contributed by atoms with Crippen molar-refractivity contribution in [2.24, 2.45) is 5.14 Å². The number of halogens is 3. The number of hydrogen-bond donors (Lipinski definition) is 1. The lowest BCUT2D eigenvalue weighted by Gasteiger charge is -2.15. The number of rotatable bonds is 4. The maximum atomic E-state index is 12.3. The second-order valence-electron chi connectivity index (χ2n) is 4.25. The highest BCUT2D eigenvalue weighted by Gasteiger charge is 2.32. The van der Waals surface area contributed by atoms with E-state index in [1.807, 2.05) is 6.92 Å². The van der Waals surface area contributed by atoms with Crippen LogP contribution in [0.1, 0.15) is 37.4 Å².